The summed E-state index contributed by atoms with van der Waals surface area (Å²) in [6, 6.07) is 14.4. The first kappa shape index (κ1) is 13.0. The molecule has 0 bridgehead atoms. The number of nitrogens with one attached hydrogen (secondary N) is 1. The Balaban J connectivity index is 1.66. The van der Waals surface area contributed by atoms with E-state index in [1.54, 1.807) is 0 Å². The van der Waals surface area contributed by atoms with Crippen molar-refractivity contribution in [2.24, 2.45) is 0 Å². The van der Waals surface area contributed by atoms with Crippen LogP contribution in [0.5, 0.6) is 0 Å². The maximum Gasteiger partial charge on any atom is 0.137 e. The van der Waals surface area contributed by atoms with Gasteiger partial charge in [0.2, 0.25) is 0 Å². The van der Waals surface area contributed by atoms with Gasteiger partial charge >= 0.3 is 0 Å². The van der Waals surface area contributed by atoms with Crippen molar-refractivity contribution in [2.45, 2.75) is 13.0 Å². The van der Waals surface area contributed by atoms with E-state index >= 15 is 0 Å². The number of aromatic nitrogens is 2. The maximum atomic E-state index is 5.73. The van der Waals surface area contributed by atoms with Gasteiger partial charge < -0.3 is 9.72 Å². The van der Waals surface area contributed by atoms with Gasteiger partial charge in [-0.15, -0.1) is 11.6 Å². The van der Waals surface area contributed by atoms with E-state index < -0.39 is 0 Å². The summed E-state index contributed by atoms with van der Waals surface area (Å²) in [4.78, 5) is 4.56. The second-order valence-corrected chi connectivity index (χ2v) is 5.07. The highest BCUT2D eigenvalue weighted by Crippen LogP contribution is 2.12. The SMILES string of the molecule is ClCCc1ccc(NCc2cn3ccccc3n2)cc1. The molecule has 0 radical (unpaired) electrons. The molecule has 0 saturated heterocycles. The first-order valence-corrected chi connectivity index (χ1v) is 7.20. The highest BCUT2D eigenvalue weighted by molar-refractivity contribution is 6.17. The fourth-order valence-corrected chi connectivity index (χ4v) is 2.38. The summed E-state index contributed by atoms with van der Waals surface area (Å²) < 4.78 is 2.03. The number of alkyl halides is 1. The zero-order valence-corrected chi connectivity index (χ0v) is 11.8. The van der Waals surface area contributed by atoms with Gasteiger partial charge in [0.1, 0.15) is 5.65 Å². The average Bonchev–Trinajstić information content (AvgIpc) is 2.90. The number of fused-ring (bicyclic) bond motifs is 1. The van der Waals surface area contributed by atoms with Crippen molar-refractivity contribution >= 4 is 22.9 Å². The normalized spacial score (nSPS) is 10.8. The number of halogens is 1. The van der Waals surface area contributed by atoms with Crippen LogP contribution in [-0.2, 0) is 13.0 Å². The minimum atomic E-state index is 0.661. The third-order valence-electron chi connectivity index (χ3n) is 3.22. The van der Waals surface area contributed by atoms with Crippen LogP contribution in [0.3, 0.4) is 0 Å². The zero-order valence-electron chi connectivity index (χ0n) is 11.1. The fraction of sp³-hybridized carbons (Fsp3) is 0.188. The Morgan fingerprint density at radius 2 is 1.95 bits per heavy atom. The van der Waals surface area contributed by atoms with Crippen LogP contribution in [0.25, 0.3) is 5.65 Å². The second kappa shape index (κ2) is 5.97. The molecule has 0 aliphatic heterocycles. The third kappa shape index (κ3) is 2.94. The Kier molecular flexibility index (Phi) is 3.88. The molecular formula is C16H16ClN3. The van der Waals surface area contributed by atoms with E-state index in [-0.39, 0.29) is 0 Å². The zero-order chi connectivity index (χ0) is 13.8. The molecule has 3 nitrogen and oxygen atoms in total. The largest absolute Gasteiger partial charge is 0.379 e. The number of rotatable bonds is 5. The van der Waals surface area contributed by atoms with Crippen molar-refractivity contribution in [1.29, 1.82) is 0 Å². The molecule has 0 atom stereocenters. The highest BCUT2D eigenvalue weighted by atomic mass is 35.5. The predicted octanol–water partition coefficient (Wildman–Crippen LogP) is 3.73. The second-order valence-electron chi connectivity index (χ2n) is 4.69. The summed E-state index contributed by atoms with van der Waals surface area (Å²) >= 11 is 5.73. The molecule has 20 heavy (non-hydrogen) atoms. The van der Waals surface area contributed by atoms with Gasteiger partial charge in [0.15, 0.2) is 0 Å². The van der Waals surface area contributed by atoms with Crippen molar-refractivity contribution < 1.29 is 0 Å². The molecule has 4 heteroatoms. The Morgan fingerprint density at radius 1 is 1.10 bits per heavy atom. The molecule has 2 heterocycles. The Hall–Kier alpha value is -2.00. The van der Waals surface area contributed by atoms with Crippen LogP contribution < -0.4 is 5.32 Å². The topological polar surface area (TPSA) is 29.3 Å². The van der Waals surface area contributed by atoms with Gasteiger partial charge in [0.05, 0.1) is 12.2 Å². The van der Waals surface area contributed by atoms with Gasteiger partial charge in [-0.3, -0.25) is 0 Å². The first-order valence-electron chi connectivity index (χ1n) is 6.66. The van der Waals surface area contributed by atoms with E-state index in [2.05, 4.69) is 34.6 Å². The minimum absolute atomic E-state index is 0.661. The molecule has 3 aromatic rings. The summed E-state index contributed by atoms with van der Waals surface area (Å²) in [5.41, 5.74) is 4.36. The van der Waals surface area contributed by atoms with E-state index in [0.29, 0.717) is 5.88 Å². The molecule has 0 amide bonds. The standard InChI is InChI=1S/C16H16ClN3/c17-9-8-13-4-6-14(7-5-13)18-11-15-12-20-10-2-1-3-16(20)19-15/h1-7,10,12,18H,8-9,11H2. The molecular weight excluding hydrogens is 270 g/mol. The summed E-state index contributed by atoms with van der Waals surface area (Å²) in [6.45, 7) is 0.719. The lowest BCUT2D eigenvalue weighted by Crippen LogP contribution is -1.99. The van der Waals surface area contributed by atoms with Gasteiger partial charge in [-0.05, 0) is 36.2 Å². The minimum Gasteiger partial charge on any atom is -0.379 e. The lowest BCUT2D eigenvalue weighted by atomic mass is 10.1. The van der Waals surface area contributed by atoms with Crippen molar-refractivity contribution in [1.82, 2.24) is 9.38 Å². The average molecular weight is 286 g/mol. The van der Waals surface area contributed by atoms with Crippen LogP contribution in [-0.4, -0.2) is 15.3 Å². The quantitative estimate of drug-likeness (QED) is 0.724. The molecule has 0 saturated carbocycles. The molecule has 0 spiro atoms. The van der Waals surface area contributed by atoms with Gasteiger partial charge in [-0.25, -0.2) is 4.98 Å². The number of aryl methyl sites for hydroxylation is 1. The number of imidazole rings is 1. The van der Waals surface area contributed by atoms with Gasteiger partial charge in [-0.1, -0.05) is 18.2 Å². The Morgan fingerprint density at radius 3 is 2.70 bits per heavy atom. The number of pyridine rings is 1. The monoisotopic (exact) mass is 285 g/mol. The van der Waals surface area contributed by atoms with Gasteiger partial charge in [-0.2, -0.15) is 0 Å². The number of hydrogen-bond donors (Lipinski definition) is 1. The fourth-order valence-electron chi connectivity index (χ4n) is 2.16. The van der Waals surface area contributed by atoms with E-state index in [0.717, 1.165) is 30.0 Å². The van der Waals surface area contributed by atoms with E-state index in [4.69, 9.17) is 11.6 Å². The molecule has 0 unspecified atom stereocenters. The van der Waals surface area contributed by atoms with Crippen LogP contribution in [0.15, 0.2) is 54.9 Å². The number of benzene rings is 1. The molecule has 0 aliphatic rings. The maximum absolute atomic E-state index is 5.73. The van der Waals surface area contributed by atoms with Crippen LogP contribution in [0.4, 0.5) is 5.69 Å². The van der Waals surface area contributed by atoms with Gasteiger partial charge in [0.25, 0.3) is 0 Å². The first-order chi connectivity index (χ1) is 9.85. The molecule has 0 aliphatic carbocycles. The smallest absolute Gasteiger partial charge is 0.137 e. The van der Waals surface area contributed by atoms with Crippen LogP contribution in [0.2, 0.25) is 0 Å². The summed E-state index contributed by atoms with van der Waals surface area (Å²) in [7, 11) is 0. The Bertz CT molecular complexity index is 655. The summed E-state index contributed by atoms with van der Waals surface area (Å²) in [6.07, 6.45) is 4.96. The number of anilines is 1. The molecule has 0 fully saturated rings. The molecule has 1 N–H and O–H groups in total. The summed E-state index contributed by atoms with van der Waals surface area (Å²) in [5, 5.41) is 3.38. The number of hydrogen-bond acceptors (Lipinski definition) is 2. The highest BCUT2D eigenvalue weighted by Gasteiger charge is 2.00. The van der Waals surface area contributed by atoms with E-state index in [1.165, 1.54) is 5.56 Å². The number of nitrogens with zero attached hydrogens (tertiary/aromatic N) is 2. The van der Waals surface area contributed by atoms with E-state index in [9.17, 15) is 0 Å². The van der Waals surface area contributed by atoms with Crippen molar-refractivity contribution in [2.75, 3.05) is 11.2 Å². The Labute approximate surface area is 123 Å². The molecule has 102 valence electrons. The molecule has 1 aromatic carbocycles. The van der Waals surface area contributed by atoms with Crippen LogP contribution in [0, 0.1) is 0 Å². The third-order valence-corrected chi connectivity index (χ3v) is 3.41. The lowest BCUT2D eigenvalue weighted by Gasteiger charge is -2.05. The van der Waals surface area contributed by atoms with Crippen LogP contribution in [0.1, 0.15) is 11.3 Å². The van der Waals surface area contributed by atoms with Crippen molar-refractivity contribution in [3.8, 4) is 0 Å². The van der Waals surface area contributed by atoms with Crippen molar-refractivity contribution in [3.05, 3.63) is 66.1 Å². The predicted molar refractivity (Wildman–Crippen MR) is 83.4 cm³/mol. The van der Waals surface area contributed by atoms with E-state index in [1.807, 2.05) is 35.0 Å². The lowest BCUT2D eigenvalue weighted by molar-refractivity contribution is 1.08. The van der Waals surface area contributed by atoms with Gasteiger partial charge in [0, 0.05) is 24.0 Å². The molecule has 2 aromatic heterocycles. The summed E-state index contributed by atoms with van der Waals surface area (Å²) in [5.74, 6) is 0.661. The van der Waals surface area contributed by atoms with Crippen molar-refractivity contribution in [3.63, 3.8) is 0 Å². The molecule has 3 rings (SSSR count). The van der Waals surface area contributed by atoms with Crippen LogP contribution >= 0.6 is 11.6 Å².